The first-order valence-corrected chi connectivity index (χ1v) is 4.72. The fraction of sp³-hybridized carbons (Fsp3) is 0.900. The van der Waals surface area contributed by atoms with E-state index in [1.165, 1.54) is 7.11 Å². The summed E-state index contributed by atoms with van der Waals surface area (Å²) in [7, 11) is 1.42. The predicted octanol–water partition coefficient (Wildman–Crippen LogP) is 1.20. The van der Waals surface area contributed by atoms with E-state index in [4.69, 9.17) is 9.84 Å². The Morgan fingerprint density at radius 2 is 2.15 bits per heavy atom. The maximum Gasteiger partial charge on any atom is 0.309 e. The predicted molar refractivity (Wildman–Crippen MR) is 49.1 cm³/mol. The van der Waals surface area contributed by atoms with E-state index < -0.39 is 0 Å². The van der Waals surface area contributed by atoms with Crippen molar-refractivity contribution in [3.63, 3.8) is 0 Å². The lowest BCUT2D eigenvalue weighted by molar-refractivity contribution is -0.149. The fourth-order valence-electron chi connectivity index (χ4n) is 2.29. The molecule has 1 aliphatic rings. The molecule has 2 atom stereocenters. The van der Waals surface area contributed by atoms with Crippen LogP contribution in [0.15, 0.2) is 0 Å². The third-order valence-electron chi connectivity index (χ3n) is 3.46. The molecular formula is C10H18O3. The Morgan fingerprint density at radius 1 is 1.54 bits per heavy atom. The van der Waals surface area contributed by atoms with Gasteiger partial charge in [-0.15, -0.1) is 0 Å². The highest BCUT2D eigenvalue weighted by molar-refractivity contribution is 5.73. The molecule has 1 N–H and O–H groups in total. The smallest absolute Gasteiger partial charge is 0.309 e. The summed E-state index contributed by atoms with van der Waals surface area (Å²) < 4.78 is 4.74. The zero-order valence-electron chi connectivity index (χ0n) is 8.54. The van der Waals surface area contributed by atoms with Gasteiger partial charge in [-0.05, 0) is 24.2 Å². The van der Waals surface area contributed by atoms with Crippen molar-refractivity contribution in [3.8, 4) is 0 Å². The molecule has 0 bridgehead atoms. The van der Waals surface area contributed by atoms with Gasteiger partial charge in [0.1, 0.15) is 0 Å². The van der Waals surface area contributed by atoms with Gasteiger partial charge in [0, 0.05) is 6.61 Å². The maximum atomic E-state index is 11.4. The van der Waals surface area contributed by atoms with Gasteiger partial charge >= 0.3 is 5.97 Å². The van der Waals surface area contributed by atoms with Gasteiger partial charge in [-0.2, -0.15) is 0 Å². The maximum absolute atomic E-state index is 11.4. The first-order valence-electron chi connectivity index (χ1n) is 4.72. The Bertz CT molecular complexity index is 198. The number of esters is 1. The molecule has 0 spiro atoms. The molecule has 1 saturated carbocycles. The Kier molecular flexibility index (Phi) is 2.96. The number of ether oxygens (including phenoxy) is 1. The van der Waals surface area contributed by atoms with Crippen LogP contribution in [-0.4, -0.2) is 24.8 Å². The molecule has 0 saturated heterocycles. The Morgan fingerprint density at radius 3 is 2.54 bits per heavy atom. The van der Waals surface area contributed by atoms with E-state index in [2.05, 4.69) is 0 Å². The van der Waals surface area contributed by atoms with Crippen molar-refractivity contribution >= 4 is 5.97 Å². The summed E-state index contributed by atoms with van der Waals surface area (Å²) in [5.41, 5.74) is -0.123. The molecule has 1 fully saturated rings. The number of carbonyl (C=O) groups is 1. The van der Waals surface area contributed by atoms with E-state index in [1.807, 2.05) is 13.8 Å². The van der Waals surface area contributed by atoms with Crippen LogP contribution in [0.3, 0.4) is 0 Å². The van der Waals surface area contributed by atoms with Crippen molar-refractivity contribution < 1.29 is 14.6 Å². The van der Waals surface area contributed by atoms with Crippen molar-refractivity contribution in [2.45, 2.75) is 26.7 Å². The Hall–Kier alpha value is -0.570. The van der Waals surface area contributed by atoms with Crippen LogP contribution in [0.4, 0.5) is 0 Å². The van der Waals surface area contributed by atoms with E-state index in [0.29, 0.717) is 0 Å². The van der Waals surface area contributed by atoms with Crippen LogP contribution < -0.4 is 0 Å². The van der Waals surface area contributed by atoms with Gasteiger partial charge in [-0.3, -0.25) is 4.79 Å². The standard InChI is InChI=1S/C10H18O3/c1-10(2)7(6-11)4-5-8(10)9(12)13-3/h7-8,11H,4-6H2,1-3H3/t7-,8+/m0/s1. The van der Waals surface area contributed by atoms with E-state index in [-0.39, 0.29) is 29.8 Å². The number of aliphatic hydroxyl groups is 1. The molecule has 0 aliphatic heterocycles. The van der Waals surface area contributed by atoms with Crippen LogP contribution in [0, 0.1) is 17.3 Å². The van der Waals surface area contributed by atoms with Gasteiger partial charge in [0.15, 0.2) is 0 Å². The Balaban J connectivity index is 2.75. The summed E-state index contributed by atoms with van der Waals surface area (Å²) in [5.74, 6) is 0.0483. The van der Waals surface area contributed by atoms with E-state index in [0.717, 1.165) is 12.8 Å². The number of rotatable bonds is 2. The molecular weight excluding hydrogens is 168 g/mol. The molecule has 13 heavy (non-hydrogen) atoms. The third kappa shape index (κ3) is 1.70. The molecule has 76 valence electrons. The quantitative estimate of drug-likeness (QED) is 0.659. The minimum atomic E-state index is -0.138. The lowest BCUT2D eigenvalue weighted by Crippen LogP contribution is -2.32. The summed E-state index contributed by atoms with van der Waals surface area (Å²) in [5, 5.41) is 9.12. The highest BCUT2D eigenvalue weighted by atomic mass is 16.5. The van der Waals surface area contributed by atoms with E-state index >= 15 is 0 Å². The lowest BCUT2D eigenvalue weighted by atomic mass is 9.76. The minimum absolute atomic E-state index is 0.0466. The number of carbonyl (C=O) groups excluding carboxylic acids is 1. The van der Waals surface area contributed by atoms with E-state index in [1.54, 1.807) is 0 Å². The van der Waals surface area contributed by atoms with Crippen molar-refractivity contribution in [1.82, 2.24) is 0 Å². The molecule has 0 aromatic heterocycles. The van der Waals surface area contributed by atoms with Gasteiger partial charge in [-0.1, -0.05) is 13.8 Å². The van der Waals surface area contributed by atoms with Crippen LogP contribution in [0.25, 0.3) is 0 Å². The van der Waals surface area contributed by atoms with Crippen molar-refractivity contribution in [2.75, 3.05) is 13.7 Å². The number of methoxy groups -OCH3 is 1. The zero-order valence-corrected chi connectivity index (χ0v) is 8.54. The highest BCUT2D eigenvalue weighted by Gasteiger charge is 2.46. The summed E-state index contributed by atoms with van der Waals surface area (Å²) in [6, 6.07) is 0. The van der Waals surface area contributed by atoms with Crippen molar-refractivity contribution in [2.24, 2.45) is 17.3 Å². The van der Waals surface area contributed by atoms with Crippen molar-refractivity contribution in [1.29, 1.82) is 0 Å². The minimum Gasteiger partial charge on any atom is -0.469 e. The summed E-state index contributed by atoms with van der Waals surface area (Å²) in [4.78, 5) is 11.4. The highest BCUT2D eigenvalue weighted by Crippen LogP contribution is 2.47. The van der Waals surface area contributed by atoms with Crippen LogP contribution in [-0.2, 0) is 9.53 Å². The summed E-state index contributed by atoms with van der Waals surface area (Å²) in [6.07, 6.45) is 1.76. The monoisotopic (exact) mass is 186 g/mol. The molecule has 0 radical (unpaired) electrons. The second kappa shape index (κ2) is 3.66. The summed E-state index contributed by atoms with van der Waals surface area (Å²) >= 11 is 0. The first kappa shape index (κ1) is 10.5. The van der Waals surface area contributed by atoms with Gasteiger partial charge in [-0.25, -0.2) is 0 Å². The molecule has 0 aromatic carbocycles. The second-order valence-corrected chi connectivity index (χ2v) is 4.35. The topological polar surface area (TPSA) is 46.5 Å². The SMILES string of the molecule is COC(=O)[C@H]1CC[C@@H](CO)C1(C)C. The summed E-state index contributed by atoms with van der Waals surface area (Å²) in [6.45, 7) is 4.23. The number of hydrogen-bond donors (Lipinski definition) is 1. The zero-order chi connectivity index (χ0) is 10.1. The Labute approximate surface area is 79.1 Å². The second-order valence-electron chi connectivity index (χ2n) is 4.35. The van der Waals surface area contributed by atoms with Crippen LogP contribution in [0.5, 0.6) is 0 Å². The molecule has 1 rings (SSSR count). The normalized spacial score (nSPS) is 31.7. The molecule has 0 unspecified atom stereocenters. The molecule has 3 nitrogen and oxygen atoms in total. The van der Waals surface area contributed by atoms with Crippen LogP contribution in [0.1, 0.15) is 26.7 Å². The average molecular weight is 186 g/mol. The van der Waals surface area contributed by atoms with Gasteiger partial charge in [0.25, 0.3) is 0 Å². The largest absolute Gasteiger partial charge is 0.469 e. The number of aliphatic hydroxyl groups excluding tert-OH is 1. The van der Waals surface area contributed by atoms with Crippen molar-refractivity contribution in [3.05, 3.63) is 0 Å². The fourth-order valence-corrected chi connectivity index (χ4v) is 2.29. The van der Waals surface area contributed by atoms with E-state index in [9.17, 15) is 4.79 Å². The third-order valence-corrected chi connectivity index (χ3v) is 3.46. The first-order chi connectivity index (χ1) is 6.04. The lowest BCUT2D eigenvalue weighted by Gasteiger charge is -2.30. The van der Waals surface area contributed by atoms with Gasteiger partial charge < -0.3 is 9.84 Å². The van der Waals surface area contributed by atoms with Crippen LogP contribution >= 0.6 is 0 Å². The average Bonchev–Trinajstić information content (AvgIpc) is 2.39. The van der Waals surface area contributed by atoms with Gasteiger partial charge in [0.05, 0.1) is 13.0 Å². The molecule has 0 amide bonds. The van der Waals surface area contributed by atoms with Gasteiger partial charge in [0.2, 0.25) is 0 Å². The molecule has 1 aliphatic carbocycles. The number of hydrogen-bond acceptors (Lipinski definition) is 3. The molecule has 3 heteroatoms. The molecule has 0 aromatic rings. The molecule has 0 heterocycles. The van der Waals surface area contributed by atoms with Crippen LogP contribution in [0.2, 0.25) is 0 Å².